The molecule has 9 nitrogen and oxygen atoms in total. The number of carbonyl (C=O) groups excluding carboxylic acids is 6. The zero-order valence-corrected chi connectivity index (χ0v) is 41.9. The molecule has 0 aromatic heterocycles. The van der Waals surface area contributed by atoms with E-state index in [1.165, 1.54) is 42.3 Å². The van der Waals surface area contributed by atoms with E-state index in [0.29, 0.717) is 26.1 Å². The molecule has 2 amide bonds. The van der Waals surface area contributed by atoms with Crippen LogP contribution in [0.25, 0.3) is 0 Å². The van der Waals surface area contributed by atoms with Crippen LogP contribution in [0, 0.1) is 0 Å². The highest BCUT2D eigenvalue weighted by atomic mass is 32.2. The van der Waals surface area contributed by atoms with Crippen LogP contribution in [-0.2, 0) is 65.4 Å². The van der Waals surface area contributed by atoms with Crippen LogP contribution in [0.5, 0.6) is 0 Å². The molecular weight excluding hydrogens is 869 g/mol. The Kier molecular flexibility index (Phi) is 32.3. The molecule has 0 aliphatic heterocycles. The first-order valence-electron chi connectivity index (χ1n) is 22.6. The summed E-state index contributed by atoms with van der Waals surface area (Å²) in [4.78, 5) is 66.0. The normalized spacial score (nSPS) is 9.94. The van der Waals surface area contributed by atoms with Gasteiger partial charge in [0.1, 0.15) is 18.2 Å². The van der Waals surface area contributed by atoms with Gasteiger partial charge in [0.2, 0.25) is 11.8 Å². The van der Waals surface area contributed by atoms with Gasteiger partial charge in [-0.15, -0.1) is 0 Å². The van der Waals surface area contributed by atoms with Crippen LogP contribution in [0.4, 0.5) is 0 Å². The van der Waals surface area contributed by atoms with E-state index in [0.717, 1.165) is 35.4 Å². The lowest BCUT2D eigenvalue weighted by atomic mass is 9.98. The summed E-state index contributed by atoms with van der Waals surface area (Å²) in [6.07, 6.45) is 1.53. The molecule has 0 bridgehead atoms. The van der Waals surface area contributed by atoms with E-state index in [1.807, 2.05) is 201 Å². The molecule has 6 aromatic carbocycles. The molecule has 1 unspecified atom stereocenters. The third kappa shape index (κ3) is 31.9. The number of aryl methyl sites for hydroxylation is 1. The minimum Gasteiger partial charge on any atom is -0.461 e. The molecular formula is C58H70N2O7S. The molecule has 0 aliphatic rings. The Morgan fingerprint density at radius 1 is 0.544 bits per heavy atom. The highest BCUT2D eigenvalue weighted by molar-refractivity contribution is 8.12. The highest BCUT2D eigenvalue weighted by Gasteiger charge is 2.08. The molecule has 0 fully saturated rings. The van der Waals surface area contributed by atoms with Crippen LogP contribution < -0.4 is 5.32 Å². The van der Waals surface area contributed by atoms with Crippen molar-refractivity contribution in [2.45, 2.75) is 99.6 Å². The van der Waals surface area contributed by atoms with Crippen molar-refractivity contribution < 1.29 is 33.5 Å². The molecule has 0 saturated carbocycles. The van der Waals surface area contributed by atoms with Gasteiger partial charge < -0.3 is 19.7 Å². The van der Waals surface area contributed by atoms with Gasteiger partial charge in [0, 0.05) is 65.4 Å². The Morgan fingerprint density at radius 2 is 0.956 bits per heavy atom. The number of nitrogens with zero attached hydrogens (tertiary/aromatic N) is 1. The van der Waals surface area contributed by atoms with Crippen molar-refractivity contribution in [2.75, 3.05) is 6.54 Å². The fourth-order valence-electron chi connectivity index (χ4n) is 5.53. The molecule has 0 radical (unpaired) electrons. The zero-order valence-electron chi connectivity index (χ0n) is 41.1. The first kappa shape index (κ1) is 59.1. The third-order valence-corrected chi connectivity index (χ3v) is 10.4. The molecule has 1 N–H and O–H groups in total. The molecule has 0 heterocycles. The van der Waals surface area contributed by atoms with Gasteiger partial charge >= 0.3 is 5.97 Å². The average molecular weight is 939 g/mol. The molecule has 6 rings (SSSR count). The summed E-state index contributed by atoms with van der Waals surface area (Å²) in [5.41, 5.74) is 6.86. The SMILES string of the molecule is CC(=O)C(C)c1ccccc1.CC(=O)CCc1ccccc1.CC(=O)NCc1ccccc1.CC(=O)OCc1ccccc1.CC(=O)SCc1ccccc1.CCN(Cc1ccccc1)C(C)=O. The van der Waals surface area contributed by atoms with Gasteiger partial charge in [0.25, 0.3) is 0 Å². The number of thioether (sulfide) groups is 1. The van der Waals surface area contributed by atoms with Crippen LogP contribution in [-0.4, -0.2) is 45.9 Å². The summed E-state index contributed by atoms with van der Waals surface area (Å²) >= 11 is 1.35. The lowest BCUT2D eigenvalue weighted by molar-refractivity contribution is -0.142. The van der Waals surface area contributed by atoms with Crippen molar-refractivity contribution in [1.82, 2.24) is 10.2 Å². The van der Waals surface area contributed by atoms with Crippen molar-refractivity contribution >= 4 is 46.2 Å². The molecule has 0 saturated heterocycles. The molecule has 360 valence electrons. The highest BCUT2D eigenvalue weighted by Crippen LogP contribution is 2.15. The van der Waals surface area contributed by atoms with Gasteiger partial charge in [-0.05, 0) is 60.6 Å². The lowest BCUT2D eigenvalue weighted by Crippen LogP contribution is -2.27. The van der Waals surface area contributed by atoms with Gasteiger partial charge in [-0.2, -0.15) is 0 Å². The first-order chi connectivity index (χ1) is 32.6. The maximum Gasteiger partial charge on any atom is 0.302 e. The topological polar surface area (TPSA) is 127 Å². The average Bonchev–Trinajstić information content (AvgIpc) is 3.35. The molecule has 10 heteroatoms. The van der Waals surface area contributed by atoms with Crippen LogP contribution in [0.1, 0.15) is 101 Å². The van der Waals surface area contributed by atoms with Gasteiger partial charge in [-0.1, -0.05) is 201 Å². The summed E-state index contributed by atoms with van der Waals surface area (Å²) in [6, 6.07) is 59.3. The Hall–Kier alpha value is -6.91. The summed E-state index contributed by atoms with van der Waals surface area (Å²) in [7, 11) is 0. The summed E-state index contributed by atoms with van der Waals surface area (Å²) in [5, 5.41) is 2.90. The maximum atomic E-state index is 11.1. The standard InChI is InChI=1S/C11H15NO.2C10H12O.C9H11NO.C9H10O2.C9H10OS/c1-3-12(10(2)13)9-11-7-5-4-6-8-11;1-8(9(2)11)10-6-4-3-5-7-10;1-9(11)7-8-10-5-3-2-4-6-10;1-8(11)10-7-9-5-3-2-4-6-9;2*1-8(10)11-7-9-5-3-2-4-6-9/h4-8H,3,9H2,1-2H3;3-8H,1-2H3;2-6H,7-8H2,1H3;2-6H,7H2,1H3,(H,10,11);2*2-6H,7H2,1H3. The van der Waals surface area contributed by atoms with E-state index < -0.39 is 0 Å². The second-order valence-electron chi connectivity index (χ2n) is 15.4. The second kappa shape index (κ2) is 37.2. The number of benzene rings is 6. The number of ketones is 2. The van der Waals surface area contributed by atoms with E-state index in [1.54, 1.807) is 27.7 Å². The smallest absolute Gasteiger partial charge is 0.302 e. The Bertz CT molecular complexity index is 2060. The number of ether oxygens (including phenoxy) is 1. The Labute approximate surface area is 409 Å². The minimum absolute atomic E-state index is 0.00820. The first-order valence-corrected chi connectivity index (χ1v) is 23.6. The Balaban J connectivity index is 0.000000408. The number of nitrogens with one attached hydrogen (secondary N) is 1. The van der Waals surface area contributed by atoms with Gasteiger partial charge in [0.15, 0.2) is 5.12 Å². The lowest BCUT2D eigenvalue weighted by Gasteiger charge is -2.18. The zero-order chi connectivity index (χ0) is 50.4. The number of hydrogen-bond donors (Lipinski definition) is 1. The van der Waals surface area contributed by atoms with E-state index >= 15 is 0 Å². The molecule has 0 aliphatic carbocycles. The predicted octanol–water partition coefficient (Wildman–Crippen LogP) is 12.2. The van der Waals surface area contributed by atoms with Crippen LogP contribution in [0.15, 0.2) is 182 Å². The van der Waals surface area contributed by atoms with E-state index in [9.17, 15) is 28.8 Å². The largest absolute Gasteiger partial charge is 0.461 e. The molecule has 6 aromatic rings. The fourth-order valence-corrected chi connectivity index (χ4v) is 6.09. The molecule has 1 atom stereocenters. The monoisotopic (exact) mass is 938 g/mol. The van der Waals surface area contributed by atoms with Gasteiger partial charge in [0.05, 0.1) is 0 Å². The maximum absolute atomic E-state index is 11.1. The quantitative estimate of drug-likeness (QED) is 0.107. The van der Waals surface area contributed by atoms with E-state index in [2.05, 4.69) is 5.32 Å². The van der Waals surface area contributed by atoms with Crippen molar-refractivity contribution in [3.8, 4) is 0 Å². The predicted molar refractivity (Wildman–Crippen MR) is 278 cm³/mol. The number of carbonyl (C=O) groups is 6. The van der Waals surface area contributed by atoms with Gasteiger partial charge in [-0.25, -0.2) is 0 Å². The number of rotatable bonds is 14. The van der Waals surface area contributed by atoms with Crippen LogP contribution >= 0.6 is 11.8 Å². The van der Waals surface area contributed by atoms with Crippen molar-refractivity contribution in [3.05, 3.63) is 215 Å². The van der Waals surface area contributed by atoms with E-state index in [4.69, 9.17) is 4.74 Å². The fraction of sp³-hybridized carbons (Fsp3) is 0.276. The summed E-state index contributed by atoms with van der Waals surface area (Å²) in [6.45, 7) is 15.8. The van der Waals surface area contributed by atoms with E-state index in [-0.39, 0.29) is 40.4 Å². The number of esters is 1. The van der Waals surface area contributed by atoms with Crippen molar-refractivity contribution in [2.24, 2.45) is 0 Å². The number of Topliss-reactive ketones (excluding diaryl/α,β-unsaturated/α-hetero) is 2. The Morgan fingerprint density at radius 3 is 1.34 bits per heavy atom. The summed E-state index contributed by atoms with van der Waals surface area (Å²) in [5.74, 6) is 1.20. The minimum atomic E-state index is -0.242. The second-order valence-corrected chi connectivity index (χ2v) is 16.5. The van der Waals surface area contributed by atoms with Crippen molar-refractivity contribution in [1.29, 1.82) is 0 Å². The van der Waals surface area contributed by atoms with Gasteiger partial charge in [-0.3, -0.25) is 24.0 Å². The summed E-state index contributed by atoms with van der Waals surface area (Å²) < 4.78 is 4.79. The van der Waals surface area contributed by atoms with Crippen LogP contribution in [0.3, 0.4) is 0 Å². The number of amides is 2. The van der Waals surface area contributed by atoms with Crippen LogP contribution in [0.2, 0.25) is 0 Å². The molecule has 68 heavy (non-hydrogen) atoms. The number of hydrogen-bond acceptors (Lipinski definition) is 8. The van der Waals surface area contributed by atoms with Crippen molar-refractivity contribution in [3.63, 3.8) is 0 Å². The molecule has 0 spiro atoms. The third-order valence-electron chi connectivity index (χ3n) is 9.52.